The standard InChI is InChI=1S/C10H19NSi/c1-7-8(2)10(4)12(5,6)11-9(7)3/h11H,1-6H3. The molecule has 0 aliphatic carbocycles. The molecule has 1 aliphatic heterocycles. The lowest BCUT2D eigenvalue weighted by molar-refractivity contribution is 1.02. The van der Waals surface area contributed by atoms with Crippen LogP contribution in [0.5, 0.6) is 0 Å². The van der Waals surface area contributed by atoms with E-state index >= 15 is 0 Å². The highest BCUT2D eigenvalue weighted by molar-refractivity contribution is 6.82. The van der Waals surface area contributed by atoms with Crippen LogP contribution in [0.4, 0.5) is 0 Å². The summed E-state index contributed by atoms with van der Waals surface area (Å²) in [5.74, 6) is 0. The van der Waals surface area contributed by atoms with Gasteiger partial charge in [-0.1, -0.05) is 5.20 Å². The molecule has 1 nitrogen and oxygen atoms in total. The summed E-state index contributed by atoms with van der Waals surface area (Å²) in [7, 11) is -1.29. The molecule has 0 radical (unpaired) electrons. The molecule has 2 heteroatoms. The number of rotatable bonds is 0. The van der Waals surface area contributed by atoms with Gasteiger partial charge in [0.15, 0.2) is 8.24 Å². The predicted octanol–water partition coefficient (Wildman–Crippen LogP) is 2.96. The van der Waals surface area contributed by atoms with Gasteiger partial charge in [0.05, 0.1) is 0 Å². The molecule has 0 aromatic rings. The molecule has 12 heavy (non-hydrogen) atoms. The van der Waals surface area contributed by atoms with Crippen molar-refractivity contribution in [3.8, 4) is 0 Å². The minimum atomic E-state index is -1.29. The summed E-state index contributed by atoms with van der Waals surface area (Å²) in [5, 5.41) is 1.59. The molecular formula is C10H19NSi. The molecule has 0 bridgehead atoms. The molecule has 0 aromatic heterocycles. The summed E-state index contributed by atoms with van der Waals surface area (Å²) in [4.78, 5) is 3.65. The maximum Gasteiger partial charge on any atom is 0.175 e. The third kappa shape index (κ3) is 1.35. The van der Waals surface area contributed by atoms with Crippen LogP contribution in [0.25, 0.3) is 0 Å². The van der Waals surface area contributed by atoms with Gasteiger partial charge in [0.2, 0.25) is 0 Å². The van der Waals surface area contributed by atoms with Crippen molar-refractivity contribution in [2.45, 2.75) is 40.8 Å². The Morgan fingerprint density at radius 1 is 0.917 bits per heavy atom. The minimum Gasteiger partial charge on any atom is -0.411 e. The van der Waals surface area contributed by atoms with Crippen molar-refractivity contribution in [2.75, 3.05) is 0 Å². The van der Waals surface area contributed by atoms with Crippen LogP contribution in [0.1, 0.15) is 27.7 Å². The average Bonchev–Trinajstić information content (AvgIpc) is 1.97. The zero-order chi connectivity index (χ0) is 9.52. The largest absolute Gasteiger partial charge is 0.411 e. The van der Waals surface area contributed by atoms with E-state index in [0.717, 1.165) is 0 Å². The number of hydrogen-bond acceptors (Lipinski definition) is 1. The van der Waals surface area contributed by atoms with Crippen LogP contribution in [-0.4, -0.2) is 8.24 Å². The van der Waals surface area contributed by atoms with Crippen LogP contribution < -0.4 is 4.98 Å². The highest BCUT2D eigenvalue weighted by Gasteiger charge is 2.29. The van der Waals surface area contributed by atoms with Gasteiger partial charge in [-0.3, -0.25) is 0 Å². The maximum absolute atomic E-state index is 3.65. The maximum atomic E-state index is 3.65. The molecule has 0 aromatic carbocycles. The predicted molar refractivity (Wildman–Crippen MR) is 57.4 cm³/mol. The normalized spacial score (nSPS) is 22.8. The molecule has 1 heterocycles. The summed E-state index contributed by atoms with van der Waals surface area (Å²) in [5.41, 5.74) is 4.30. The van der Waals surface area contributed by atoms with E-state index in [1.807, 2.05) is 0 Å². The topological polar surface area (TPSA) is 12.0 Å². The zero-order valence-electron chi connectivity index (χ0n) is 9.00. The Kier molecular flexibility index (Phi) is 2.21. The van der Waals surface area contributed by atoms with E-state index in [4.69, 9.17) is 0 Å². The van der Waals surface area contributed by atoms with E-state index < -0.39 is 8.24 Å². The van der Waals surface area contributed by atoms with Crippen molar-refractivity contribution in [1.82, 2.24) is 4.98 Å². The van der Waals surface area contributed by atoms with Gasteiger partial charge in [-0.2, -0.15) is 0 Å². The van der Waals surface area contributed by atoms with Crippen LogP contribution in [-0.2, 0) is 0 Å². The highest BCUT2D eigenvalue weighted by atomic mass is 28.3. The Bertz CT molecular complexity index is 272. The fourth-order valence-electron chi connectivity index (χ4n) is 1.69. The molecule has 0 saturated heterocycles. The first-order valence-corrected chi connectivity index (χ1v) is 7.50. The molecule has 1 N–H and O–H groups in total. The van der Waals surface area contributed by atoms with Gasteiger partial charge in [-0.15, -0.1) is 0 Å². The van der Waals surface area contributed by atoms with Crippen molar-refractivity contribution in [3.05, 3.63) is 22.0 Å². The Balaban J connectivity index is 3.20. The van der Waals surface area contributed by atoms with Crippen molar-refractivity contribution in [2.24, 2.45) is 0 Å². The summed E-state index contributed by atoms with van der Waals surface area (Å²) >= 11 is 0. The Morgan fingerprint density at radius 3 is 1.92 bits per heavy atom. The number of hydrogen-bond donors (Lipinski definition) is 1. The van der Waals surface area contributed by atoms with Crippen LogP contribution in [0, 0.1) is 0 Å². The zero-order valence-corrected chi connectivity index (χ0v) is 10.0. The summed E-state index contributed by atoms with van der Waals surface area (Å²) in [6.45, 7) is 13.6. The van der Waals surface area contributed by atoms with Crippen LogP contribution in [0.2, 0.25) is 13.1 Å². The summed E-state index contributed by atoms with van der Waals surface area (Å²) in [6.07, 6.45) is 0. The fourth-order valence-corrected chi connectivity index (χ4v) is 4.12. The minimum absolute atomic E-state index is 1.29. The van der Waals surface area contributed by atoms with Gasteiger partial charge >= 0.3 is 0 Å². The SMILES string of the molecule is CC1=C(C)C(C)=C(C)[Si](C)(C)N1. The second kappa shape index (κ2) is 2.77. The van der Waals surface area contributed by atoms with Gasteiger partial charge in [-0.05, 0) is 51.9 Å². The summed E-state index contributed by atoms with van der Waals surface area (Å²) in [6, 6.07) is 0. The van der Waals surface area contributed by atoms with E-state index in [1.54, 1.807) is 5.20 Å². The van der Waals surface area contributed by atoms with E-state index in [2.05, 4.69) is 45.8 Å². The number of nitrogens with one attached hydrogen (secondary N) is 1. The van der Waals surface area contributed by atoms with Crippen molar-refractivity contribution in [3.63, 3.8) is 0 Å². The van der Waals surface area contributed by atoms with Crippen molar-refractivity contribution < 1.29 is 0 Å². The van der Waals surface area contributed by atoms with Gasteiger partial charge in [0, 0.05) is 5.70 Å². The third-order valence-electron chi connectivity index (χ3n) is 3.12. The molecule has 0 saturated carbocycles. The molecule has 1 aliphatic rings. The average molecular weight is 181 g/mol. The monoisotopic (exact) mass is 181 g/mol. The second-order valence-corrected chi connectivity index (χ2v) is 8.50. The van der Waals surface area contributed by atoms with Crippen molar-refractivity contribution in [1.29, 1.82) is 0 Å². The quantitative estimate of drug-likeness (QED) is 0.567. The molecule has 0 fully saturated rings. The molecule has 1 rings (SSSR count). The first-order valence-electron chi connectivity index (χ1n) is 4.50. The Morgan fingerprint density at radius 2 is 1.42 bits per heavy atom. The van der Waals surface area contributed by atoms with Gasteiger partial charge < -0.3 is 4.98 Å². The highest BCUT2D eigenvalue weighted by Crippen LogP contribution is 2.27. The lowest BCUT2D eigenvalue weighted by Gasteiger charge is -2.34. The van der Waals surface area contributed by atoms with Crippen LogP contribution >= 0.6 is 0 Å². The molecular weight excluding hydrogens is 162 g/mol. The lowest BCUT2D eigenvalue weighted by Crippen LogP contribution is -2.48. The Hall–Kier alpha value is -0.503. The van der Waals surface area contributed by atoms with Gasteiger partial charge in [0.1, 0.15) is 0 Å². The van der Waals surface area contributed by atoms with Crippen LogP contribution in [0.3, 0.4) is 0 Å². The van der Waals surface area contributed by atoms with E-state index in [0.29, 0.717) is 0 Å². The third-order valence-corrected chi connectivity index (χ3v) is 6.38. The second-order valence-electron chi connectivity index (χ2n) is 4.25. The van der Waals surface area contributed by atoms with Crippen LogP contribution in [0.15, 0.2) is 22.0 Å². The molecule has 0 atom stereocenters. The number of allylic oxidation sites excluding steroid dienone is 4. The van der Waals surface area contributed by atoms with Gasteiger partial charge in [0.25, 0.3) is 0 Å². The van der Waals surface area contributed by atoms with E-state index in [9.17, 15) is 0 Å². The van der Waals surface area contributed by atoms with E-state index in [-0.39, 0.29) is 0 Å². The first kappa shape index (κ1) is 9.58. The molecule has 68 valence electrons. The molecule has 0 unspecified atom stereocenters. The van der Waals surface area contributed by atoms with Crippen molar-refractivity contribution >= 4 is 8.24 Å². The molecule has 0 spiro atoms. The smallest absolute Gasteiger partial charge is 0.175 e. The summed E-state index contributed by atoms with van der Waals surface area (Å²) < 4.78 is 0. The van der Waals surface area contributed by atoms with E-state index in [1.165, 1.54) is 16.8 Å². The fraction of sp³-hybridized carbons (Fsp3) is 0.600. The van der Waals surface area contributed by atoms with Gasteiger partial charge in [-0.25, -0.2) is 0 Å². The first-order chi connectivity index (χ1) is 5.36. The lowest BCUT2D eigenvalue weighted by atomic mass is 10.1. The Labute approximate surface area is 76.6 Å². The molecule has 0 amide bonds.